The highest BCUT2D eigenvalue weighted by atomic mass is 16.5. The number of benzene rings is 1. The molecule has 1 heterocycles. The van der Waals surface area contributed by atoms with Gasteiger partial charge in [-0.2, -0.15) is 0 Å². The van der Waals surface area contributed by atoms with Crippen LogP contribution in [-0.4, -0.2) is 24.7 Å². The molecule has 0 aliphatic heterocycles. The first-order valence-electron chi connectivity index (χ1n) is 6.44. The second-order valence-corrected chi connectivity index (χ2v) is 4.41. The molecule has 0 saturated carbocycles. The number of esters is 1. The van der Waals surface area contributed by atoms with Crippen molar-refractivity contribution in [2.24, 2.45) is 5.92 Å². The van der Waals surface area contributed by atoms with Crippen LogP contribution in [0.15, 0.2) is 54.9 Å². The van der Waals surface area contributed by atoms with E-state index in [0.717, 1.165) is 5.56 Å². The van der Waals surface area contributed by atoms with Gasteiger partial charge in [0.05, 0.1) is 19.2 Å². The van der Waals surface area contributed by atoms with Gasteiger partial charge in [-0.05, 0) is 24.1 Å². The van der Waals surface area contributed by atoms with Crippen molar-refractivity contribution in [3.8, 4) is 5.75 Å². The first kappa shape index (κ1) is 14.1. The molecule has 2 rings (SSSR count). The van der Waals surface area contributed by atoms with Crippen molar-refractivity contribution in [3.63, 3.8) is 0 Å². The van der Waals surface area contributed by atoms with Crippen LogP contribution in [0, 0.1) is 5.92 Å². The van der Waals surface area contributed by atoms with E-state index in [0.29, 0.717) is 12.2 Å². The molecule has 0 aliphatic carbocycles. The monoisotopic (exact) mass is 271 g/mol. The minimum atomic E-state index is -0.331. The summed E-state index contributed by atoms with van der Waals surface area (Å²) in [4.78, 5) is 15.8. The van der Waals surface area contributed by atoms with Gasteiger partial charge in [0, 0.05) is 6.20 Å². The van der Waals surface area contributed by atoms with Gasteiger partial charge >= 0.3 is 5.97 Å². The lowest BCUT2D eigenvalue weighted by Gasteiger charge is -2.15. The van der Waals surface area contributed by atoms with Crippen LogP contribution in [0.4, 0.5) is 0 Å². The Balaban J connectivity index is 1.99. The standard InChI is InChI=1S/C16H17NO3/c1-19-16(18)14(10-13-6-3-2-4-7-13)12-20-15-8-5-9-17-11-15/h2-9,11,14H,10,12H2,1H3. The molecule has 0 fully saturated rings. The minimum Gasteiger partial charge on any atom is -0.491 e. The minimum absolute atomic E-state index is 0.266. The molecular weight excluding hydrogens is 254 g/mol. The fraction of sp³-hybridized carbons (Fsp3) is 0.250. The molecule has 2 aromatic rings. The molecule has 0 spiro atoms. The van der Waals surface area contributed by atoms with E-state index in [-0.39, 0.29) is 18.5 Å². The van der Waals surface area contributed by atoms with Gasteiger partial charge in [-0.15, -0.1) is 0 Å². The van der Waals surface area contributed by atoms with Crippen LogP contribution >= 0.6 is 0 Å². The zero-order valence-corrected chi connectivity index (χ0v) is 11.4. The largest absolute Gasteiger partial charge is 0.491 e. The van der Waals surface area contributed by atoms with Crippen molar-refractivity contribution >= 4 is 5.97 Å². The quantitative estimate of drug-likeness (QED) is 0.757. The molecule has 0 bridgehead atoms. The summed E-state index contributed by atoms with van der Waals surface area (Å²) >= 11 is 0. The number of carbonyl (C=O) groups excluding carboxylic acids is 1. The van der Waals surface area contributed by atoms with Gasteiger partial charge in [-0.1, -0.05) is 30.3 Å². The van der Waals surface area contributed by atoms with E-state index >= 15 is 0 Å². The third-order valence-electron chi connectivity index (χ3n) is 2.95. The van der Waals surface area contributed by atoms with Gasteiger partial charge < -0.3 is 9.47 Å². The number of hydrogen-bond acceptors (Lipinski definition) is 4. The number of carbonyl (C=O) groups is 1. The number of rotatable bonds is 6. The van der Waals surface area contributed by atoms with E-state index in [4.69, 9.17) is 9.47 Å². The highest BCUT2D eigenvalue weighted by Crippen LogP contribution is 2.14. The van der Waals surface area contributed by atoms with E-state index in [9.17, 15) is 4.79 Å². The van der Waals surface area contributed by atoms with E-state index in [1.165, 1.54) is 7.11 Å². The Morgan fingerprint density at radius 3 is 2.65 bits per heavy atom. The van der Waals surface area contributed by atoms with E-state index in [2.05, 4.69) is 4.98 Å². The van der Waals surface area contributed by atoms with Crippen LogP contribution in [0.2, 0.25) is 0 Å². The van der Waals surface area contributed by atoms with Crippen LogP contribution in [0.3, 0.4) is 0 Å². The molecular formula is C16H17NO3. The summed E-state index contributed by atoms with van der Waals surface area (Å²) < 4.78 is 10.4. The summed E-state index contributed by atoms with van der Waals surface area (Å²) in [5.41, 5.74) is 1.08. The Kier molecular flexibility index (Phi) is 5.12. The topological polar surface area (TPSA) is 48.4 Å². The lowest BCUT2D eigenvalue weighted by Crippen LogP contribution is -2.25. The van der Waals surface area contributed by atoms with Crippen molar-refractivity contribution in [1.82, 2.24) is 4.98 Å². The van der Waals surface area contributed by atoms with Gasteiger partial charge in [-0.25, -0.2) is 0 Å². The number of hydrogen-bond donors (Lipinski definition) is 0. The predicted octanol–water partition coefficient (Wildman–Crippen LogP) is 2.49. The van der Waals surface area contributed by atoms with Crippen molar-refractivity contribution in [3.05, 3.63) is 60.4 Å². The first-order chi connectivity index (χ1) is 9.79. The molecule has 1 atom stereocenters. The number of ether oxygens (including phenoxy) is 2. The van der Waals surface area contributed by atoms with E-state index in [1.54, 1.807) is 18.5 Å². The van der Waals surface area contributed by atoms with Crippen LogP contribution in [-0.2, 0) is 16.0 Å². The molecule has 4 heteroatoms. The summed E-state index contributed by atoms with van der Waals surface area (Å²) in [6, 6.07) is 13.4. The van der Waals surface area contributed by atoms with Gasteiger partial charge in [0.25, 0.3) is 0 Å². The second-order valence-electron chi connectivity index (χ2n) is 4.41. The van der Waals surface area contributed by atoms with E-state index in [1.807, 2.05) is 36.4 Å². The summed E-state index contributed by atoms with van der Waals surface area (Å²) in [7, 11) is 1.39. The number of methoxy groups -OCH3 is 1. The Bertz CT molecular complexity index is 528. The molecule has 4 nitrogen and oxygen atoms in total. The zero-order chi connectivity index (χ0) is 14.2. The molecule has 1 unspecified atom stereocenters. The van der Waals surface area contributed by atoms with Gasteiger partial charge in [0.15, 0.2) is 0 Å². The molecule has 0 aliphatic rings. The summed E-state index contributed by atoms with van der Waals surface area (Å²) in [5.74, 6) is 0.0508. The second kappa shape index (κ2) is 7.28. The summed E-state index contributed by atoms with van der Waals surface area (Å²) in [5, 5.41) is 0. The predicted molar refractivity (Wildman–Crippen MR) is 75.4 cm³/mol. The third-order valence-corrected chi connectivity index (χ3v) is 2.95. The highest BCUT2D eigenvalue weighted by Gasteiger charge is 2.20. The smallest absolute Gasteiger partial charge is 0.312 e. The molecule has 1 aromatic heterocycles. The third kappa shape index (κ3) is 4.09. The van der Waals surface area contributed by atoms with Gasteiger partial charge in [0.2, 0.25) is 0 Å². The maximum Gasteiger partial charge on any atom is 0.312 e. The Hall–Kier alpha value is -2.36. The first-order valence-corrected chi connectivity index (χ1v) is 6.44. The van der Waals surface area contributed by atoms with Gasteiger partial charge in [-0.3, -0.25) is 9.78 Å². The number of aromatic nitrogens is 1. The molecule has 104 valence electrons. The molecule has 0 saturated heterocycles. The van der Waals surface area contributed by atoms with Crippen molar-refractivity contribution in [1.29, 1.82) is 0 Å². The lowest BCUT2D eigenvalue weighted by molar-refractivity contribution is -0.146. The van der Waals surface area contributed by atoms with Crippen LogP contribution in [0.5, 0.6) is 5.75 Å². The summed E-state index contributed by atoms with van der Waals surface area (Å²) in [6.45, 7) is 0.271. The molecule has 0 radical (unpaired) electrons. The molecule has 0 N–H and O–H groups in total. The Morgan fingerprint density at radius 2 is 2.00 bits per heavy atom. The van der Waals surface area contributed by atoms with Gasteiger partial charge in [0.1, 0.15) is 12.4 Å². The molecule has 20 heavy (non-hydrogen) atoms. The Morgan fingerprint density at radius 1 is 1.20 bits per heavy atom. The van der Waals surface area contributed by atoms with Crippen molar-refractivity contribution in [2.45, 2.75) is 6.42 Å². The highest BCUT2D eigenvalue weighted by molar-refractivity contribution is 5.72. The fourth-order valence-corrected chi connectivity index (χ4v) is 1.90. The normalized spacial score (nSPS) is 11.7. The van der Waals surface area contributed by atoms with Crippen LogP contribution in [0.25, 0.3) is 0 Å². The van der Waals surface area contributed by atoms with Crippen molar-refractivity contribution < 1.29 is 14.3 Å². The molecule has 0 amide bonds. The zero-order valence-electron chi connectivity index (χ0n) is 11.4. The average molecular weight is 271 g/mol. The summed E-state index contributed by atoms with van der Waals surface area (Å²) in [6.07, 6.45) is 3.89. The van der Waals surface area contributed by atoms with Crippen molar-refractivity contribution in [2.75, 3.05) is 13.7 Å². The van der Waals surface area contributed by atoms with E-state index < -0.39 is 0 Å². The van der Waals surface area contributed by atoms with Crippen LogP contribution < -0.4 is 4.74 Å². The molecule has 1 aromatic carbocycles. The van der Waals surface area contributed by atoms with Crippen LogP contribution in [0.1, 0.15) is 5.56 Å². The fourth-order valence-electron chi connectivity index (χ4n) is 1.90. The maximum absolute atomic E-state index is 11.8. The maximum atomic E-state index is 11.8. The Labute approximate surface area is 118 Å². The average Bonchev–Trinajstić information content (AvgIpc) is 2.52. The number of nitrogens with zero attached hydrogens (tertiary/aromatic N) is 1. The number of pyridine rings is 1. The SMILES string of the molecule is COC(=O)C(COc1cccnc1)Cc1ccccc1. The lowest BCUT2D eigenvalue weighted by atomic mass is 10.0.